The normalized spacial score (nSPS) is 11.2. The lowest BCUT2D eigenvalue weighted by Gasteiger charge is -2.05. The van der Waals surface area contributed by atoms with Gasteiger partial charge in [-0.3, -0.25) is 0 Å². The van der Waals surface area contributed by atoms with Crippen LogP contribution in [0.25, 0.3) is 10.4 Å². The van der Waals surface area contributed by atoms with Crippen molar-refractivity contribution in [3.8, 4) is 0 Å². The number of rotatable bonds is 4. The first kappa shape index (κ1) is 10.5. The Morgan fingerprint density at radius 1 is 1.83 bits per heavy atom. The molecule has 0 fully saturated rings. The average molecular weight is 169 g/mol. The molecule has 66 valence electrons. The summed E-state index contributed by atoms with van der Waals surface area (Å²) >= 11 is 0. The van der Waals surface area contributed by atoms with E-state index in [1.807, 2.05) is 0 Å². The topological polar surface area (TPSA) is 75.1 Å². The number of carbonyl (C=O) groups excluding carboxylic acids is 1. The number of ether oxygens (including phenoxy) is 1. The second-order valence-electron chi connectivity index (χ2n) is 2.43. The van der Waals surface area contributed by atoms with Crippen molar-refractivity contribution in [2.45, 2.75) is 19.9 Å². The molecule has 0 aromatic heterocycles. The first-order valence-electron chi connectivity index (χ1n) is 3.44. The summed E-state index contributed by atoms with van der Waals surface area (Å²) in [4.78, 5) is 13.4. The van der Waals surface area contributed by atoms with Gasteiger partial charge in [-0.1, -0.05) is 18.6 Å². The van der Waals surface area contributed by atoms with Gasteiger partial charge >= 0.3 is 5.97 Å². The van der Waals surface area contributed by atoms with Crippen LogP contribution in [0.3, 0.4) is 0 Å². The van der Waals surface area contributed by atoms with Crippen LogP contribution in [0.1, 0.15) is 13.8 Å². The highest BCUT2D eigenvalue weighted by molar-refractivity contribution is 5.86. The van der Waals surface area contributed by atoms with Gasteiger partial charge < -0.3 is 4.74 Å². The van der Waals surface area contributed by atoms with E-state index in [2.05, 4.69) is 16.6 Å². The largest absolute Gasteiger partial charge is 0.462 e. The summed E-state index contributed by atoms with van der Waals surface area (Å²) in [6, 6.07) is -0.335. The number of nitrogens with zero attached hydrogens (tertiary/aromatic N) is 3. The maximum atomic E-state index is 10.8. The Morgan fingerprint density at radius 2 is 2.42 bits per heavy atom. The Kier molecular flexibility index (Phi) is 4.57. The van der Waals surface area contributed by atoms with E-state index >= 15 is 0 Å². The second kappa shape index (κ2) is 5.21. The summed E-state index contributed by atoms with van der Waals surface area (Å²) < 4.78 is 4.71. The molecule has 1 atom stereocenters. The molecule has 0 saturated carbocycles. The fraction of sp³-hybridized carbons (Fsp3) is 0.571. The minimum Gasteiger partial charge on any atom is -0.462 e. The minimum absolute atomic E-state index is 0.0930. The molecule has 0 N–H and O–H groups in total. The van der Waals surface area contributed by atoms with Crippen LogP contribution in [-0.2, 0) is 9.53 Å². The summed E-state index contributed by atoms with van der Waals surface area (Å²) in [6.45, 7) is 6.71. The number of carbonyl (C=O) groups is 1. The number of hydrogen-bond acceptors (Lipinski definition) is 3. The van der Waals surface area contributed by atoms with Gasteiger partial charge in [0, 0.05) is 10.5 Å². The summed E-state index contributed by atoms with van der Waals surface area (Å²) in [5, 5.41) is 3.33. The van der Waals surface area contributed by atoms with Crippen LogP contribution in [0.15, 0.2) is 17.3 Å². The lowest BCUT2D eigenvalue weighted by atomic mass is 10.3. The van der Waals surface area contributed by atoms with Crippen LogP contribution in [0.5, 0.6) is 0 Å². The van der Waals surface area contributed by atoms with E-state index in [9.17, 15) is 4.79 Å². The Hall–Kier alpha value is -1.48. The minimum atomic E-state index is -0.463. The maximum Gasteiger partial charge on any atom is 0.333 e. The molecule has 0 heterocycles. The molecule has 0 aliphatic rings. The van der Waals surface area contributed by atoms with Crippen molar-refractivity contribution in [3.05, 3.63) is 22.6 Å². The van der Waals surface area contributed by atoms with Crippen LogP contribution < -0.4 is 0 Å². The molecule has 0 aromatic carbocycles. The highest BCUT2D eigenvalue weighted by Crippen LogP contribution is 1.96. The van der Waals surface area contributed by atoms with Gasteiger partial charge in [-0.05, 0) is 12.5 Å². The molecular weight excluding hydrogens is 158 g/mol. The van der Waals surface area contributed by atoms with E-state index in [4.69, 9.17) is 10.3 Å². The molecule has 0 amide bonds. The van der Waals surface area contributed by atoms with Crippen molar-refractivity contribution in [3.63, 3.8) is 0 Å². The number of esters is 1. The maximum absolute atomic E-state index is 10.8. The van der Waals surface area contributed by atoms with E-state index in [-0.39, 0.29) is 12.6 Å². The third-order valence-corrected chi connectivity index (χ3v) is 1.05. The van der Waals surface area contributed by atoms with E-state index in [1.54, 1.807) is 13.8 Å². The molecule has 5 heteroatoms. The van der Waals surface area contributed by atoms with Crippen molar-refractivity contribution < 1.29 is 9.53 Å². The molecule has 5 nitrogen and oxygen atoms in total. The van der Waals surface area contributed by atoms with Crippen LogP contribution >= 0.6 is 0 Å². The highest BCUT2D eigenvalue weighted by atomic mass is 16.5. The van der Waals surface area contributed by atoms with Gasteiger partial charge in [-0.25, -0.2) is 4.79 Å². The van der Waals surface area contributed by atoms with Gasteiger partial charge in [0.15, 0.2) is 0 Å². The first-order valence-corrected chi connectivity index (χ1v) is 3.44. The standard InChI is InChI=1S/C7H11N3O2/c1-5(2)7(11)12-4-6(3)9-10-8/h6H,1,4H2,2-3H3. The monoisotopic (exact) mass is 169 g/mol. The van der Waals surface area contributed by atoms with Crippen LogP contribution in [-0.4, -0.2) is 18.6 Å². The molecule has 12 heavy (non-hydrogen) atoms. The molecular formula is C7H11N3O2. The van der Waals surface area contributed by atoms with Crippen molar-refractivity contribution in [1.82, 2.24) is 0 Å². The third-order valence-electron chi connectivity index (χ3n) is 1.05. The Bertz CT molecular complexity index is 231. The Morgan fingerprint density at radius 3 is 2.83 bits per heavy atom. The molecule has 0 aromatic rings. The smallest absolute Gasteiger partial charge is 0.333 e. The van der Waals surface area contributed by atoms with Crippen molar-refractivity contribution in [1.29, 1.82) is 0 Å². The van der Waals surface area contributed by atoms with Crippen LogP contribution in [0, 0.1) is 0 Å². The van der Waals surface area contributed by atoms with Crippen LogP contribution in [0.2, 0.25) is 0 Å². The molecule has 0 spiro atoms. The highest BCUT2D eigenvalue weighted by Gasteiger charge is 2.05. The first-order chi connectivity index (χ1) is 5.57. The van der Waals surface area contributed by atoms with E-state index < -0.39 is 5.97 Å². The van der Waals surface area contributed by atoms with Gasteiger partial charge in [0.1, 0.15) is 0 Å². The summed E-state index contributed by atoms with van der Waals surface area (Å²) in [5.74, 6) is -0.463. The fourth-order valence-electron chi connectivity index (χ4n) is 0.441. The Balaban J connectivity index is 3.75. The van der Waals surface area contributed by atoms with E-state index in [0.717, 1.165) is 0 Å². The summed E-state index contributed by atoms with van der Waals surface area (Å²) in [5.41, 5.74) is 8.35. The molecule has 0 aliphatic carbocycles. The average Bonchev–Trinajstić information content (AvgIpc) is 2.00. The van der Waals surface area contributed by atoms with Gasteiger partial charge in [0.25, 0.3) is 0 Å². The van der Waals surface area contributed by atoms with Crippen LogP contribution in [0.4, 0.5) is 0 Å². The quantitative estimate of drug-likeness (QED) is 0.211. The summed E-state index contributed by atoms with van der Waals surface area (Å²) in [7, 11) is 0. The summed E-state index contributed by atoms with van der Waals surface area (Å²) in [6.07, 6.45) is 0. The molecule has 0 saturated heterocycles. The predicted octanol–water partition coefficient (Wildman–Crippen LogP) is 1.80. The zero-order chi connectivity index (χ0) is 9.56. The van der Waals surface area contributed by atoms with Gasteiger partial charge in [0.05, 0.1) is 12.6 Å². The predicted molar refractivity (Wildman–Crippen MR) is 44.4 cm³/mol. The molecule has 0 bridgehead atoms. The zero-order valence-corrected chi connectivity index (χ0v) is 7.15. The molecule has 0 aliphatic heterocycles. The lowest BCUT2D eigenvalue weighted by molar-refractivity contribution is -0.139. The fourth-order valence-corrected chi connectivity index (χ4v) is 0.441. The van der Waals surface area contributed by atoms with Gasteiger partial charge in [-0.15, -0.1) is 0 Å². The molecule has 0 rings (SSSR count). The zero-order valence-electron chi connectivity index (χ0n) is 7.15. The van der Waals surface area contributed by atoms with Gasteiger partial charge in [0.2, 0.25) is 0 Å². The second-order valence-corrected chi connectivity index (χ2v) is 2.43. The molecule has 1 unspecified atom stereocenters. The van der Waals surface area contributed by atoms with Crippen molar-refractivity contribution in [2.24, 2.45) is 5.11 Å². The van der Waals surface area contributed by atoms with Crippen molar-refractivity contribution >= 4 is 5.97 Å². The van der Waals surface area contributed by atoms with Gasteiger partial charge in [-0.2, -0.15) is 0 Å². The number of azide groups is 1. The van der Waals surface area contributed by atoms with E-state index in [0.29, 0.717) is 5.57 Å². The number of hydrogen-bond donors (Lipinski definition) is 0. The Labute approximate surface area is 70.6 Å². The lowest BCUT2D eigenvalue weighted by Crippen LogP contribution is -2.13. The third kappa shape index (κ3) is 4.35. The molecule has 0 radical (unpaired) electrons. The van der Waals surface area contributed by atoms with Crippen molar-refractivity contribution in [2.75, 3.05) is 6.61 Å². The van der Waals surface area contributed by atoms with E-state index in [1.165, 1.54) is 0 Å². The SMILES string of the molecule is C=C(C)C(=O)OCC(C)N=[N+]=[N-].